The van der Waals surface area contributed by atoms with E-state index in [4.69, 9.17) is 0 Å². The number of hydrogen-bond donors (Lipinski definition) is 3. The Hall–Kier alpha value is -2.34. The van der Waals surface area contributed by atoms with Gasteiger partial charge in [0.2, 0.25) is 0 Å². The molecular weight excluding hydrogens is 316 g/mol. The summed E-state index contributed by atoms with van der Waals surface area (Å²) >= 11 is 0. The number of aliphatic hydroxyl groups excluding tert-OH is 1. The van der Waals surface area contributed by atoms with Crippen LogP contribution < -0.4 is 15.5 Å². The fraction of sp³-hybridized carbons (Fsp3) is 0.474. The Labute approximate surface area is 149 Å². The van der Waals surface area contributed by atoms with Gasteiger partial charge >= 0.3 is 6.03 Å². The average molecular weight is 344 g/mol. The minimum Gasteiger partial charge on any atom is -0.396 e. The van der Waals surface area contributed by atoms with E-state index in [0.717, 1.165) is 28.7 Å². The lowest BCUT2D eigenvalue weighted by Gasteiger charge is -2.29. The molecule has 1 unspecified atom stereocenters. The normalized spacial score (nSPS) is 13.3. The largest absolute Gasteiger partial charge is 0.396 e. The number of amides is 2. The lowest BCUT2D eigenvalue weighted by Crippen LogP contribution is -2.50. The molecule has 0 aliphatic rings. The van der Waals surface area contributed by atoms with E-state index in [1.807, 2.05) is 63.2 Å². The van der Waals surface area contributed by atoms with Crippen LogP contribution in [0.5, 0.6) is 0 Å². The zero-order chi connectivity index (χ0) is 18.4. The highest BCUT2D eigenvalue weighted by atomic mass is 16.3. The van der Waals surface area contributed by atoms with Gasteiger partial charge in [-0.15, -0.1) is 0 Å². The van der Waals surface area contributed by atoms with E-state index >= 15 is 0 Å². The SMILES string of the molecule is CCC(C)(CCO)NC(=O)NCc1cc(N(C)C)nc2ccccc12. The maximum atomic E-state index is 12.3. The van der Waals surface area contributed by atoms with Gasteiger partial charge in [-0.05, 0) is 37.5 Å². The van der Waals surface area contributed by atoms with Crippen LogP contribution in [0.4, 0.5) is 10.6 Å². The van der Waals surface area contributed by atoms with Gasteiger partial charge in [0.15, 0.2) is 0 Å². The number of carbonyl (C=O) groups excluding carboxylic acids is 1. The quantitative estimate of drug-likeness (QED) is 0.722. The van der Waals surface area contributed by atoms with Crippen molar-refractivity contribution >= 4 is 22.8 Å². The summed E-state index contributed by atoms with van der Waals surface area (Å²) in [4.78, 5) is 18.9. The third kappa shape index (κ3) is 4.82. The highest BCUT2D eigenvalue weighted by Gasteiger charge is 2.23. The van der Waals surface area contributed by atoms with Gasteiger partial charge in [-0.1, -0.05) is 25.1 Å². The molecular formula is C19H28N4O2. The van der Waals surface area contributed by atoms with E-state index in [1.165, 1.54) is 0 Å². The Balaban J connectivity index is 2.16. The molecule has 0 aliphatic carbocycles. The molecule has 0 saturated carbocycles. The summed E-state index contributed by atoms with van der Waals surface area (Å²) in [7, 11) is 3.89. The van der Waals surface area contributed by atoms with Crippen LogP contribution in [-0.2, 0) is 6.54 Å². The number of nitrogens with one attached hydrogen (secondary N) is 2. The van der Waals surface area contributed by atoms with E-state index in [-0.39, 0.29) is 12.6 Å². The molecule has 6 nitrogen and oxygen atoms in total. The van der Waals surface area contributed by atoms with Gasteiger partial charge in [-0.2, -0.15) is 0 Å². The first-order valence-electron chi connectivity index (χ1n) is 8.61. The molecule has 0 saturated heterocycles. The van der Waals surface area contributed by atoms with Crippen LogP contribution in [-0.4, -0.2) is 42.4 Å². The van der Waals surface area contributed by atoms with E-state index in [1.54, 1.807) is 0 Å². The zero-order valence-corrected chi connectivity index (χ0v) is 15.5. The van der Waals surface area contributed by atoms with Crippen LogP contribution in [0.1, 0.15) is 32.3 Å². The van der Waals surface area contributed by atoms with Gasteiger partial charge in [-0.25, -0.2) is 9.78 Å². The van der Waals surface area contributed by atoms with Crippen molar-refractivity contribution in [1.82, 2.24) is 15.6 Å². The Bertz CT molecular complexity index is 732. The number of aromatic nitrogens is 1. The van der Waals surface area contributed by atoms with Gasteiger partial charge in [0.25, 0.3) is 0 Å². The summed E-state index contributed by atoms with van der Waals surface area (Å²) in [6.07, 6.45) is 1.28. The Morgan fingerprint density at radius 2 is 2.04 bits per heavy atom. The first-order chi connectivity index (χ1) is 11.9. The van der Waals surface area contributed by atoms with Crippen LogP contribution in [0.3, 0.4) is 0 Å². The van der Waals surface area contributed by atoms with Gasteiger partial charge in [-0.3, -0.25) is 0 Å². The number of aliphatic hydroxyl groups is 1. The molecule has 0 spiro atoms. The molecule has 0 aliphatic heterocycles. The molecule has 2 aromatic rings. The Kier molecular flexibility index (Phi) is 6.20. The van der Waals surface area contributed by atoms with Gasteiger partial charge < -0.3 is 20.6 Å². The molecule has 1 aromatic carbocycles. The Morgan fingerprint density at radius 3 is 2.68 bits per heavy atom. The van der Waals surface area contributed by atoms with Crippen molar-refractivity contribution in [2.24, 2.45) is 0 Å². The predicted octanol–water partition coefficient (Wildman–Crippen LogP) is 2.65. The second-order valence-electron chi connectivity index (χ2n) is 6.75. The minimum atomic E-state index is -0.409. The number of urea groups is 1. The van der Waals surface area contributed by atoms with Crippen LogP contribution in [0, 0.1) is 0 Å². The number of hydrogen-bond acceptors (Lipinski definition) is 4. The zero-order valence-electron chi connectivity index (χ0n) is 15.5. The number of para-hydroxylation sites is 1. The maximum Gasteiger partial charge on any atom is 0.315 e. The van der Waals surface area contributed by atoms with Crippen molar-refractivity contribution in [3.8, 4) is 0 Å². The van der Waals surface area contributed by atoms with Crippen molar-refractivity contribution in [1.29, 1.82) is 0 Å². The minimum absolute atomic E-state index is 0.0474. The number of anilines is 1. The number of benzene rings is 1. The molecule has 136 valence electrons. The summed E-state index contributed by atoms with van der Waals surface area (Å²) in [6.45, 7) is 4.39. The smallest absolute Gasteiger partial charge is 0.315 e. The molecule has 0 radical (unpaired) electrons. The molecule has 1 heterocycles. The summed E-state index contributed by atoms with van der Waals surface area (Å²) in [6, 6.07) is 9.68. The van der Waals surface area contributed by atoms with Crippen molar-refractivity contribution in [2.75, 3.05) is 25.6 Å². The molecule has 0 bridgehead atoms. The summed E-state index contributed by atoms with van der Waals surface area (Å²) in [5.41, 5.74) is 1.52. The highest BCUT2D eigenvalue weighted by molar-refractivity contribution is 5.84. The fourth-order valence-corrected chi connectivity index (χ4v) is 2.68. The molecule has 6 heteroatoms. The molecule has 0 fully saturated rings. The van der Waals surface area contributed by atoms with Gasteiger partial charge in [0.1, 0.15) is 5.82 Å². The molecule has 2 rings (SSSR count). The van der Waals surface area contributed by atoms with Crippen LogP contribution in [0.25, 0.3) is 10.9 Å². The third-order valence-corrected chi connectivity index (χ3v) is 4.55. The Morgan fingerprint density at radius 1 is 1.32 bits per heavy atom. The first-order valence-corrected chi connectivity index (χ1v) is 8.61. The number of rotatable bonds is 7. The third-order valence-electron chi connectivity index (χ3n) is 4.55. The van der Waals surface area contributed by atoms with Crippen molar-refractivity contribution in [2.45, 2.75) is 38.8 Å². The van der Waals surface area contributed by atoms with Gasteiger partial charge in [0.05, 0.1) is 5.52 Å². The van der Waals surface area contributed by atoms with E-state index < -0.39 is 5.54 Å². The maximum absolute atomic E-state index is 12.3. The summed E-state index contributed by atoms with van der Waals surface area (Å²) in [5, 5.41) is 16.1. The molecule has 25 heavy (non-hydrogen) atoms. The van der Waals surface area contributed by atoms with Crippen LogP contribution in [0.2, 0.25) is 0 Å². The van der Waals surface area contributed by atoms with Crippen LogP contribution in [0.15, 0.2) is 30.3 Å². The fourth-order valence-electron chi connectivity index (χ4n) is 2.68. The lowest BCUT2D eigenvalue weighted by atomic mass is 9.95. The second-order valence-corrected chi connectivity index (χ2v) is 6.75. The predicted molar refractivity (Wildman–Crippen MR) is 102 cm³/mol. The van der Waals surface area contributed by atoms with Crippen molar-refractivity contribution in [3.63, 3.8) is 0 Å². The number of nitrogens with zero attached hydrogens (tertiary/aromatic N) is 2. The molecule has 1 atom stereocenters. The van der Waals surface area contributed by atoms with Crippen LogP contribution >= 0.6 is 0 Å². The standard InChI is InChI=1S/C19H28N4O2/c1-5-19(2,10-11-24)22-18(25)20-13-14-12-17(23(3)4)21-16-9-7-6-8-15(14)16/h6-9,12,24H,5,10-11,13H2,1-4H3,(H2,20,22,25). The lowest BCUT2D eigenvalue weighted by molar-refractivity contribution is 0.200. The molecule has 3 N–H and O–H groups in total. The molecule has 2 amide bonds. The van der Waals surface area contributed by atoms with E-state index in [2.05, 4.69) is 15.6 Å². The first kappa shape index (κ1) is 19.0. The number of pyridine rings is 1. The van der Waals surface area contributed by atoms with Gasteiger partial charge in [0, 0.05) is 38.2 Å². The van der Waals surface area contributed by atoms with Crippen molar-refractivity contribution < 1.29 is 9.90 Å². The van der Waals surface area contributed by atoms with Crippen molar-refractivity contribution in [3.05, 3.63) is 35.9 Å². The summed E-state index contributed by atoms with van der Waals surface area (Å²) in [5.74, 6) is 0.856. The monoisotopic (exact) mass is 344 g/mol. The second kappa shape index (κ2) is 8.16. The topological polar surface area (TPSA) is 77.5 Å². The number of fused-ring (bicyclic) bond motifs is 1. The average Bonchev–Trinajstić information content (AvgIpc) is 2.59. The van der Waals surface area contributed by atoms with E-state index in [0.29, 0.717) is 13.0 Å². The molecule has 1 aromatic heterocycles. The summed E-state index contributed by atoms with van der Waals surface area (Å²) < 4.78 is 0. The highest BCUT2D eigenvalue weighted by Crippen LogP contribution is 2.22. The van der Waals surface area contributed by atoms with E-state index in [9.17, 15) is 9.90 Å². The number of carbonyl (C=O) groups is 1.